The third-order valence-corrected chi connectivity index (χ3v) is 4.28. The van der Waals surface area contributed by atoms with Gasteiger partial charge in [0.05, 0.1) is 7.11 Å². The fourth-order valence-electron chi connectivity index (χ4n) is 2.05. The van der Waals surface area contributed by atoms with Crippen LogP contribution in [0.2, 0.25) is 0 Å². The van der Waals surface area contributed by atoms with Gasteiger partial charge in [0.1, 0.15) is 5.75 Å². The van der Waals surface area contributed by atoms with Crippen molar-refractivity contribution < 1.29 is 9.53 Å². The molecule has 1 N–H and O–H groups in total. The Morgan fingerprint density at radius 1 is 1.18 bits per heavy atom. The molecule has 116 valence electrons. The van der Waals surface area contributed by atoms with Gasteiger partial charge in [0.15, 0.2) is 0 Å². The number of hydrogen-bond donors (Lipinski definition) is 1. The van der Waals surface area contributed by atoms with Crippen molar-refractivity contribution in [3.63, 3.8) is 0 Å². The maximum atomic E-state index is 12.1. The van der Waals surface area contributed by atoms with E-state index >= 15 is 0 Å². The Morgan fingerprint density at radius 2 is 1.95 bits per heavy atom. The lowest BCUT2D eigenvalue weighted by atomic mass is 10.1. The van der Waals surface area contributed by atoms with Gasteiger partial charge in [0, 0.05) is 28.3 Å². The van der Waals surface area contributed by atoms with E-state index in [1.807, 2.05) is 37.3 Å². The van der Waals surface area contributed by atoms with Gasteiger partial charge in [0.25, 0.3) is 5.91 Å². The van der Waals surface area contributed by atoms with Gasteiger partial charge in [-0.25, -0.2) is 0 Å². The fourth-order valence-corrected chi connectivity index (χ4v) is 2.95. The van der Waals surface area contributed by atoms with Crippen LogP contribution in [-0.2, 0) is 5.75 Å². The predicted octanol–water partition coefficient (Wildman–Crippen LogP) is 4.13. The summed E-state index contributed by atoms with van der Waals surface area (Å²) in [5, 5.41) is 2.90. The van der Waals surface area contributed by atoms with E-state index in [-0.39, 0.29) is 5.91 Å². The Hall–Kier alpha value is -1.94. The number of nitrogens with one attached hydrogen (secondary N) is 1. The zero-order valence-corrected chi connectivity index (χ0v) is 13.8. The van der Waals surface area contributed by atoms with E-state index in [0.717, 1.165) is 23.5 Å². The van der Waals surface area contributed by atoms with Gasteiger partial charge in [-0.15, -0.1) is 11.8 Å². The molecule has 0 radical (unpaired) electrons. The van der Waals surface area contributed by atoms with E-state index in [9.17, 15) is 4.79 Å². The third kappa shape index (κ3) is 4.53. The molecule has 2 rings (SSSR count). The lowest BCUT2D eigenvalue weighted by Gasteiger charge is -2.11. The second-order valence-electron chi connectivity index (χ2n) is 4.88. The number of carbonyl (C=O) groups excluding carboxylic acids is 1. The molecule has 0 aliphatic carbocycles. The van der Waals surface area contributed by atoms with Gasteiger partial charge in [-0.2, -0.15) is 0 Å². The SMILES string of the molecule is CCCNC(=O)c1ccc(OC)c(CSc2ccccc2)c1. The molecule has 3 nitrogen and oxygen atoms in total. The second kappa shape index (κ2) is 8.49. The molecule has 2 aromatic carbocycles. The second-order valence-corrected chi connectivity index (χ2v) is 5.93. The Balaban J connectivity index is 2.12. The summed E-state index contributed by atoms with van der Waals surface area (Å²) in [4.78, 5) is 13.3. The highest BCUT2D eigenvalue weighted by Crippen LogP contribution is 2.28. The molecule has 2 aromatic rings. The molecule has 0 aromatic heterocycles. The van der Waals surface area contributed by atoms with Crippen molar-refractivity contribution in [3.8, 4) is 5.75 Å². The van der Waals surface area contributed by atoms with Crippen LogP contribution in [-0.4, -0.2) is 19.6 Å². The largest absolute Gasteiger partial charge is 0.496 e. The first-order valence-corrected chi connectivity index (χ1v) is 8.36. The molecular weight excluding hydrogens is 294 g/mol. The maximum Gasteiger partial charge on any atom is 0.251 e. The minimum atomic E-state index is -0.0320. The Bertz CT molecular complexity index is 614. The molecule has 0 fully saturated rings. The number of ether oxygens (including phenoxy) is 1. The topological polar surface area (TPSA) is 38.3 Å². The molecule has 0 aliphatic heterocycles. The molecule has 0 spiro atoms. The average Bonchev–Trinajstić information content (AvgIpc) is 2.58. The van der Waals surface area contributed by atoms with E-state index in [1.54, 1.807) is 24.9 Å². The summed E-state index contributed by atoms with van der Waals surface area (Å²) >= 11 is 1.73. The van der Waals surface area contributed by atoms with Gasteiger partial charge in [-0.3, -0.25) is 4.79 Å². The smallest absolute Gasteiger partial charge is 0.251 e. The highest BCUT2D eigenvalue weighted by atomic mass is 32.2. The summed E-state index contributed by atoms with van der Waals surface area (Å²) in [5.41, 5.74) is 1.71. The number of rotatable bonds is 7. The average molecular weight is 315 g/mol. The molecular formula is C18H21NO2S. The van der Waals surface area contributed by atoms with E-state index < -0.39 is 0 Å². The van der Waals surface area contributed by atoms with Crippen LogP contribution >= 0.6 is 11.8 Å². The molecule has 0 saturated carbocycles. The first kappa shape index (κ1) is 16.4. The first-order valence-electron chi connectivity index (χ1n) is 7.37. The van der Waals surface area contributed by atoms with Gasteiger partial charge < -0.3 is 10.1 Å². The van der Waals surface area contributed by atoms with Crippen LogP contribution < -0.4 is 10.1 Å². The van der Waals surface area contributed by atoms with Gasteiger partial charge in [0.2, 0.25) is 0 Å². The summed E-state index contributed by atoms with van der Waals surface area (Å²) in [6.07, 6.45) is 0.929. The van der Waals surface area contributed by atoms with E-state index in [0.29, 0.717) is 12.1 Å². The quantitative estimate of drug-likeness (QED) is 0.781. The van der Waals surface area contributed by atoms with Crippen LogP contribution in [0.1, 0.15) is 29.3 Å². The van der Waals surface area contributed by atoms with Crippen molar-refractivity contribution in [1.29, 1.82) is 0 Å². The Morgan fingerprint density at radius 3 is 2.64 bits per heavy atom. The minimum absolute atomic E-state index is 0.0320. The predicted molar refractivity (Wildman–Crippen MR) is 91.6 cm³/mol. The Kier molecular flexibility index (Phi) is 6.34. The molecule has 4 heteroatoms. The zero-order chi connectivity index (χ0) is 15.8. The van der Waals surface area contributed by atoms with Gasteiger partial charge in [-0.1, -0.05) is 25.1 Å². The molecule has 0 heterocycles. The van der Waals surface area contributed by atoms with Crippen molar-refractivity contribution in [2.45, 2.75) is 24.0 Å². The van der Waals surface area contributed by atoms with Crippen molar-refractivity contribution in [1.82, 2.24) is 5.32 Å². The molecule has 22 heavy (non-hydrogen) atoms. The standard InChI is InChI=1S/C18H21NO2S/c1-3-11-19-18(20)14-9-10-17(21-2)15(12-14)13-22-16-7-5-4-6-8-16/h4-10,12H,3,11,13H2,1-2H3,(H,19,20). The number of benzene rings is 2. The van der Waals surface area contributed by atoms with Crippen molar-refractivity contribution in [2.24, 2.45) is 0 Å². The van der Waals surface area contributed by atoms with Crippen LogP contribution in [0.5, 0.6) is 5.75 Å². The van der Waals surface area contributed by atoms with Crippen LogP contribution in [0.4, 0.5) is 0 Å². The highest BCUT2D eigenvalue weighted by molar-refractivity contribution is 7.98. The van der Waals surface area contributed by atoms with Crippen molar-refractivity contribution >= 4 is 17.7 Å². The van der Waals surface area contributed by atoms with Crippen LogP contribution in [0.15, 0.2) is 53.4 Å². The maximum absolute atomic E-state index is 12.1. The van der Waals surface area contributed by atoms with E-state index in [1.165, 1.54) is 4.90 Å². The third-order valence-electron chi connectivity index (χ3n) is 3.22. The molecule has 0 bridgehead atoms. The lowest BCUT2D eigenvalue weighted by molar-refractivity contribution is 0.0953. The molecule has 0 atom stereocenters. The number of amides is 1. The number of methoxy groups -OCH3 is 1. The minimum Gasteiger partial charge on any atom is -0.496 e. The van der Waals surface area contributed by atoms with Crippen molar-refractivity contribution in [3.05, 3.63) is 59.7 Å². The van der Waals surface area contributed by atoms with E-state index in [2.05, 4.69) is 17.4 Å². The summed E-state index contributed by atoms with van der Waals surface area (Å²) in [6, 6.07) is 15.8. The summed E-state index contributed by atoms with van der Waals surface area (Å²) in [6.45, 7) is 2.73. The number of carbonyl (C=O) groups is 1. The first-order chi connectivity index (χ1) is 10.7. The molecule has 1 amide bonds. The van der Waals surface area contributed by atoms with Gasteiger partial charge >= 0.3 is 0 Å². The monoisotopic (exact) mass is 315 g/mol. The van der Waals surface area contributed by atoms with Crippen LogP contribution in [0.3, 0.4) is 0 Å². The highest BCUT2D eigenvalue weighted by Gasteiger charge is 2.10. The lowest BCUT2D eigenvalue weighted by Crippen LogP contribution is -2.24. The number of thioether (sulfide) groups is 1. The molecule has 0 saturated heterocycles. The Labute approximate surface area is 136 Å². The van der Waals surface area contributed by atoms with Crippen LogP contribution in [0.25, 0.3) is 0 Å². The zero-order valence-electron chi connectivity index (χ0n) is 13.0. The van der Waals surface area contributed by atoms with E-state index in [4.69, 9.17) is 4.74 Å². The summed E-state index contributed by atoms with van der Waals surface area (Å²) in [7, 11) is 1.66. The molecule has 0 unspecified atom stereocenters. The molecule has 0 aliphatic rings. The van der Waals surface area contributed by atoms with Gasteiger partial charge in [-0.05, 0) is 36.8 Å². The van der Waals surface area contributed by atoms with Crippen molar-refractivity contribution in [2.75, 3.05) is 13.7 Å². The normalized spacial score (nSPS) is 10.3. The fraction of sp³-hybridized carbons (Fsp3) is 0.278. The summed E-state index contributed by atoms with van der Waals surface area (Å²) in [5.74, 6) is 1.55. The number of hydrogen-bond acceptors (Lipinski definition) is 3. The van der Waals surface area contributed by atoms with Crippen LogP contribution in [0, 0.1) is 0 Å². The summed E-state index contributed by atoms with van der Waals surface area (Å²) < 4.78 is 5.40.